The van der Waals surface area contributed by atoms with Crippen molar-refractivity contribution in [1.82, 2.24) is 15.2 Å². The minimum atomic E-state index is 0.769. The van der Waals surface area contributed by atoms with Gasteiger partial charge in [0.2, 0.25) is 0 Å². The number of aromatic nitrogens is 1. The molecule has 0 aliphatic heterocycles. The Bertz CT molecular complexity index is 326. The first-order valence-electron chi connectivity index (χ1n) is 6.71. The maximum atomic E-state index is 4.53. The molecule has 0 unspecified atom stereocenters. The van der Waals surface area contributed by atoms with E-state index in [1.165, 1.54) is 24.1 Å². The Hall–Kier alpha value is -0.930. The highest BCUT2D eigenvalue weighted by Crippen LogP contribution is 2.19. The Morgan fingerprint density at radius 2 is 2.06 bits per heavy atom. The molecule has 1 aliphatic carbocycles. The van der Waals surface area contributed by atoms with Crippen LogP contribution in [0.4, 0.5) is 0 Å². The molecule has 1 fully saturated rings. The molecule has 0 spiro atoms. The van der Waals surface area contributed by atoms with Crippen molar-refractivity contribution in [3.8, 4) is 0 Å². The second kappa shape index (κ2) is 6.12. The van der Waals surface area contributed by atoms with Gasteiger partial charge < -0.3 is 5.32 Å². The Kier molecular flexibility index (Phi) is 4.51. The van der Waals surface area contributed by atoms with E-state index in [-0.39, 0.29) is 0 Å². The van der Waals surface area contributed by atoms with E-state index in [4.69, 9.17) is 0 Å². The molecule has 0 atom stereocenters. The van der Waals surface area contributed by atoms with Crippen molar-refractivity contribution in [3.63, 3.8) is 0 Å². The summed E-state index contributed by atoms with van der Waals surface area (Å²) in [5.74, 6) is 0. The van der Waals surface area contributed by atoms with E-state index in [1.54, 1.807) is 0 Å². The minimum absolute atomic E-state index is 0.769. The molecule has 1 heterocycles. The first-order chi connectivity index (χ1) is 8.31. The molecular weight excluding hydrogens is 210 g/mol. The number of nitrogens with one attached hydrogen (secondary N) is 1. The van der Waals surface area contributed by atoms with Gasteiger partial charge in [0.25, 0.3) is 0 Å². The molecule has 2 rings (SSSR count). The number of hydrogen-bond donors (Lipinski definition) is 1. The van der Waals surface area contributed by atoms with Crippen LogP contribution in [0.15, 0.2) is 18.3 Å². The fraction of sp³-hybridized carbons (Fsp3) is 0.643. The third-order valence-corrected chi connectivity index (χ3v) is 3.34. The number of nitrogens with zero attached hydrogens (tertiary/aromatic N) is 2. The lowest BCUT2D eigenvalue weighted by molar-refractivity contribution is 0.292. The molecule has 0 bridgehead atoms. The predicted molar refractivity (Wildman–Crippen MR) is 70.7 cm³/mol. The fourth-order valence-corrected chi connectivity index (χ4v) is 1.88. The monoisotopic (exact) mass is 233 g/mol. The first kappa shape index (κ1) is 12.5. The maximum absolute atomic E-state index is 4.53. The van der Waals surface area contributed by atoms with Crippen molar-refractivity contribution < 1.29 is 0 Å². The van der Waals surface area contributed by atoms with Crippen LogP contribution < -0.4 is 5.32 Å². The Labute approximate surface area is 104 Å². The zero-order valence-electron chi connectivity index (χ0n) is 10.9. The van der Waals surface area contributed by atoms with Gasteiger partial charge >= 0.3 is 0 Å². The van der Waals surface area contributed by atoms with Gasteiger partial charge in [-0.3, -0.25) is 9.88 Å². The topological polar surface area (TPSA) is 28.2 Å². The van der Waals surface area contributed by atoms with Crippen LogP contribution in [0.5, 0.6) is 0 Å². The molecule has 1 aromatic heterocycles. The fourth-order valence-electron chi connectivity index (χ4n) is 1.88. The van der Waals surface area contributed by atoms with Gasteiger partial charge in [-0.05, 0) is 37.6 Å². The van der Waals surface area contributed by atoms with E-state index < -0.39 is 0 Å². The third kappa shape index (κ3) is 4.10. The van der Waals surface area contributed by atoms with Gasteiger partial charge in [-0.1, -0.05) is 19.9 Å². The summed E-state index contributed by atoms with van der Waals surface area (Å²) in [6.45, 7) is 8.48. The average molecular weight is 233 g/mol. The van der Waals surface area contributed by atoms with Crippen molar-refractivity contribution in [3.05, 3.63) is 29.6 Å². The second-order valence-corrected chi connectivity index (χ2v) is 4.77. The van der Waals surface area contributed by atoms with Gasteiger partial charge in [0.05, 0.1) is 5.69 Å². The molecule has 1 N–H and O–H groups in total. The second-order valence-electron chi connectivity index (χ2n) is 4.77. The van der Waals surface area contributed by atoms with Gasteiger partial charge in [-0.25, -0.2) is 0 Å². The quantitative estimate of drug-likeness (QED) is 0.782. The summed E-state index contributed by atoms with van der Waals surface area (Å²) in [5.41, 5.74) is 2.46. The van der Waals surface area contributed by atoms with Crippen LogP contribution in [0.1, 0.15) is 37.9 Å². The van der Waals surface area contributed by atoms with Crippen LogP contribution in [0, 0.1) is 0 Å². The van der Waals surface area contributed by atoms with Crippen molar-refractivity contribution in [2.24, 2.45) is 0 Å². The lowest BCUT2D eigenvalue weighted by atomic mass is 10.2. The summed E-state index contributed by atoms with van der Waals surface area (Å²) in [7, 11) is 0. The molecule has 1 aromatic rings. The molecule has 3 heteroatoms. The molecule has 1 saturated carbocycles. The van der Waals surface area contributed by atoms with Gasteiger partial charge in [0.1, 0.15) is 0 Å². The number of hydrogen-bond acceptors (Lipinski definition) is 3. The van der Waals surface area contributed by atoms with E-state index in [2.05, 4.69) is 41.2 Å². The minimum Gasteiger partial charge on any atom is -0.310 e. The molecule has 0 saturated heterocycles. The highest BCUT2D eigenvalue weighted by Gasteiger charge is 2.19. The van der Waals surface area contributed by atoms with Crippen LogP contribution in [0.2, 0.25) is 0 Å². The Balaban J connectivity index is 1.83. The Morgan fingerprint density at radius 1 is 1.29 bits per heavy atom. The van der Waals surface area contributed by atoms with Gasteiger partial charge in [0.15, 0.2) is 0 Å². The van der Waals surface area contributed by atoms with Crippen molar-refractivity contribution in [2.75, 3.05) is 13.1 Å². The average Bonchev–Trinajstić information content (AvgIpc) is 3.19. The normalized spacial score (nSPS) is 15.5. The lowest BCUT2D eigenvalue weighted by Crippen LogP contribution is -2.22. The third-order valence-electron chi connectivity index (χ3n) is 3.34. The zero-order chi connectivity index (χ0) is 12.1. The van der Waals surface area contributed by atoms with E-state index in [1.807, 2.05) is 6.20 Å². The molecule has 3 nitrogen and oxygen atoms in total. The predicted octanol–water partition coefficient (Wildman–Crippen LogP) is 2.18. The van der Waals surface area contributed by atoms with E-state index in [9.17, 15) is 0 Å². The molecule has 0 amide bonds. The summed E-state index contributed by atoms with van der Waals surface area (Å²) >= 11 is 0. The maximum Gasteiger partial charge on any atom is 0.0544 e. The lowest BCUT2D eigenvalue weighted by Gasteiger charge is -2.17. The van der Waals surface area contributed by atoms with E-state index in [0.29, 0.717) is 0 Å². The summed E-state index contributed by atoms with van der Waals surface area (Å²) in [6, 6.07) is 5.12. The van der Waals surface area contributed by atoms with E-state index in [0.717, 1.165) is 32.2 Å². The van der Waals surface area contributed by atoms with Crippen LogP contribution in [-0.2, 0) is 13.1 Å². The van der Waals surface area contributed by atoms with Crippen LogP contribution in [0.3, 0.4) is 0 Å². The molecule has 0 aromatic carbocycles. The summed E-state index contributed by atoms with van der Waals surface area (Å²) in [4.78, 5) is 6.91. The van der Waals surface area contributed by atoms with Crippen LogP contribution >= 0.6 is 0 Å². The zero-order valence-corrected chi connectivity index (χ0v) is 10.9. The number of pyridine rings is 1. The SMILES string of the molecule is CCN(CC)Cc1ccc(CNC2CC2)cn1. The number of rotatable bonds is 7. The summed E-state index contributed by atoms with van der Waals surface area (Å²) < 4.78 is 0. The molecule has 17 heavy (non-hydrogen) atoms. The van der Waals surface area contributed by atoms with Crippen molar-refractivity contribution in [1.29, 1.82) is 0 Å². The molecule has 0 radical (unpaired) electrons. The molecule has 1 aliphatic rings. The summed E-state index contributed by atoms with van der Waals surface area (Å²) in [6.07, 6.45) is 4.69. The highest BCUT2D eigenvalue weighted by molar-refractivity contribution is 5.14. The summed E-state index contributed by atoms with van der Waals surface area (Å²) in [5, 5.41) is 3.51. The molecular formula is C14H23N3. The standard InChI is InChI=1S/C14H23N3/c1-3-17(4-2)11-14-6-5-12(10-16-14)9-15-13-7-8-13/h5-6,10,13,15H,3-4,7-9,11H2,1-2H3. The first-order valence-corrected chi connectivity index (χ1v) is 6.71. The van der Waals surface area contributed by atoms with E-state index >= 15 is 0 Å². The van der Waals surface area contributed by atoms with Gasteiger partial charge in [0, 0.05) is 25.3 Å². The largest absolute Gasteiger partial charge is 0.310 e. The Morgan fingerprint density at radius 3 is 2.59 bits per heavy atom. The molecule has 94 valence electrons. The smallest absolute Gasteiger partial charge is 0.0544 e. The van der Waals surface area contributed by atoms with Crippen molar-refractivity contribution >= 4 is 0 Å². The van der Waals surface area contributed by atoms with Gasteiger partial charge in [-0.2, -0.15) is 0 Å². The van der Waals surface area contributed by atoms with Crippen LogP contribution in [0.25, 0.3) is 0 Å². The highest BCUT2D eigenvalue weighted by atomic mass is 15.1. The van der Waals surface area contributed by atoms with Crippen molar-refractivity contribution in [2.45, 2.75) is 45.8 Å². The van der Waals surface area contributed by atoms with Gasteiger partial charge in [-0.15, -0.1) is 0 Å². The van der Waals surface area contributed by atoms with Crippen LogP contribution in [-0.4, -0.2) is 29.0 Å².